The molecule has 0 heterocycles. The van der Waals surface area contributed by atoms with Gasteiger partial charge in [0, 0.05) is 22.1 Å². The SMILES string of the molecule is CC(C)CC(=O)Nc1ccc(C(=O)COC(=O)c2cccc(Br)c2)cc1. The third-order valence-corrected chi connectivity index (χ3v) is 3.97. The van der Waals surface area contributed by atoms with Crippen LogP contribution in [-0.2, 0) is 9.53 Å². The van der Waals surface area contributed by atoms with Gasteiger partial charge in [-0.3, -0.25) is 9.59 Å². The molecular formula is C20H20BrNO4. The predicted octanol–water partition coefficient (Wildman–Crippen LogP) is 4.47. The first-order valence-corrected chi connectivity index (χ1v) is 9.00. The van der Waals surface area contributed by atoms with Crippen LogP contribution in [0.4, 0.5) is 5.69 Å². The van der Waals surface area contributed by atoms with E-state index >= 15 is 0 Å². The molecular weight excluding hydrogens is 398 g/mol. The van der Waals surface area contributed by atoms with Gasteiger partial charge in [-0.25, -0.2) is 4.79 Å². The molecule has 0 fully saturated rings. The van der Waals surface area contributed by atoms with Gasteiger partial charge in [-0.15, -0.1) is 0 Å². The lowest BCUT2D eigenvalue weighted by Gasteiger charge is -2.08. The third-order valence-electron chi connectivity index (χ3n) is 3.48. The summed E-state index contributed by atoms with van der Waals surface area (Å²) in [6.07, 6.45) is 0.437. The fraction of sp³-hybridized carbons (Fsp3) is 0.250. The molecule has 6 heteroatoms. The molecule has 0 aromatic heterocycles. The lowest BCUT2D eigenvalue weighted by molar-refractivity contribution is -0.116. The van der Waals surface area contributed by atoms with E-state index in [-0.39, 0.29) is 24.2 Å². The van der Waals surface area contributed by atoms with E-state index in [0.717, 1.165) is 4.47 Å². The molecule has 26 heavy (non-hydrogen) atoms. The van der Waals surface area contributed by atoms with Crippen molar-refractivity contribution in [3.63, 3.8) is 0 Å². The summed E-state index contributed by atoms with van der Waals surface area (Å²) in [5.74, 6) is -0.663. The average Bonchev–Trinajstić information content (AvgIpc) is 2.59. The molecule has 0 saturated carbocycles. The van der Waals surface area contributed by atoms with Crippen molar-refractivity contribution in [3.8, 4) is 0 Å². The Labute approximate surface area is 160 Å². The van der Waals surface area contributed by atoms with E-state index in [4.69, 9.17) is 4.74 Å². The van der Waals surface area contributed by atoms with E-state index in [2.05, 4.69) is 21.2 Å². The lowest BCUT2D eigenvalue weighted by atomic mass is 10.1. The van der Waals surface area contributed by atoms with Crippen LogP contribution in [0.15, 0.2) is 53.0 Å². The number of hydrogen-bond acceptors (Lipinski definition) is 4. The monoisotopic (exact) mass is 417 g/mol. The van der Waals surface area contributed by atoms with Gasteiger partial charge < -0.3 is 10.1 Å². The van der Waals surface area contributed by atoms with Crippen molar-refractivity contribution in [2.45, 2.75) is 20.3 Å². The van der Waals surface area contributed by atoms with Crippen LogP contribution in [0, 0.1) is 5.92 Å². The van der Waals surface area contributed by atoms with E-state index in [1.54, 1.807) is 48.5 Å². The van der Waals surface area contributed by atoms with Gasteiger partial charge in [0.05, 0.1) is 5.56 Å². The largest absolute Gasteiger partial charge is 0.454 e. The second-order valence-electron chi connectivity index (χ2n) is 6.23. The van der Waals surface area contributed by atoms with Crippen LogP contribution in [0.1, 0.15) is 41.0 Å². The molecule has 0 aliphatic heterocycles. The molecule has 0 aliphatic carbocycles. The van der Waals surface area contributed by atoms with Gasteiger partial charge >= 0.3 is 5.97 Å². The topological polar surface area (TPSA) is 72.5 Å². The number of anilines is 1. The third kappa shape index (κ3) is 6.11. The maximum absolute atomic E-state index is 12.2. The number of halogens is 1. The number of nitrogens with one attached hydrogen (secondary N) is 1. The molecule has 0 atom stereocenters. The van der Waals surface area contributed by atoms with Gasteiger partial charge in [0.2, 0.25) is 5.91 Å². The Balaban J connectivity index is 1.89. The molecule has 1 amide bonds. The van der Waals surface area contributed by atoms with Crippen molar-refractivity contribution in [3.05, 3.63) is 64.1 Å². The standard InChI is InChI=1S/C20H20BrNO4/c1-13(2)10-19(24)22-17-8-6-14(7-9-17)18(23)12-26-20(25)15-4-3-5-16(21)11-15/h3-9,11,13H,10,12H2,1-2H3,(H,22,24). The van der Waals surface area contributed by atoms with E-state index in [0.29, 0.717) is 23.2 Å². The quantitative estimate of drug-likeness (QED) is 0.532. The molecule has 2 aromatic carbocycles. The molecule has 136 valence electrons. The maximum atomic E-state index is 12.2. The summed E-state index contributed by atoms with van der Waals surface area (Å²) < 4.78 is 5.82. The molecule has 2 rings (SSSR count). The summed E-state index contributed by atoms with van der Waals surface area (Å²) in [5, 5.41) is 2.78. The van der Waals surface area contributed by atoms with Crippen molar-refractivity contribution >= 4 is 39.3 Å². The minimum absolute atomic E-state index is 0.0676. The number of esters is 1. The molecule has 0 radical (unpaired) electrons. The number of carbonyl (C=O) groups excluding carboxylic acids is 3. The molecule has 0 spiro atoms. The van der Waals surface area contributed by atoms with Gasteiger partial charge in [0.25, 0.3) is 0 Å². The van der Waals surface area contributed by atoms with Crippen LogP contribution in [0.25, 0.3) is 0 Å². The number of Topliss-reactive ketones (excluding diaryl/α,β-unsaturated/α-hetero) is 1. The van der Waals surface area contributed by atoms with E-state index in [1.807, 2.05) is 13.8 Å². The number of ether oxygens (including phenoxy) is 1. The fourth-order valence-corrected chi connectivity index (χ4v) is 2.63. The summed E-state index contributed by atoms with van der Waals surface area (Å²) in [7, 11) is 0. The van der Waals surface area contributed by atoms with Gasteiger partial charge in [-0.1, -0.05) is 35.8 Å². The highest BCUT2D eigenvalue weighted by atomic mass is 79.9. The highest BCUT2D eigenvalue weighted by molar-refractivity contribution is 9.10. The molecule has 0 saturated heterocycles. The number of hydrogen-bond donors (Lipinski definition) is 1. The van der Waals surface area contributed by atoms with E-state index < -0.39 is 5.97 Å². The van der Waals surface area contributed by atoms with Gasteiger partial charge in [0.1, 0.15) is 0 Å². The highest BCUT2D eigenvalue weighted by Gasteiger charge is 2.12. The minimum Gasteiger partial charge on any atom is -0.454 e. The smallest absolute Gasteiger partial charge is 0.338 e. The molecule has 0 aliphatic rings. The number of carbonyl (C=O) groups is 3. The second kappa shape index (κ2) is 9.29. The Morgan fingerprint density at radius 1 is 1.04 bits per heavy atom. The van der Waals surface area contributed by atoms with Crippen molar-refractivity contribution < 1.29 is 19.1 Å². The normalized spacial score (nSPS) is 10.5. The Kier molecular flexibility index (Phi) is 7.09. The molecule has 0 unspecified atom stereocenters. The van der Waals surface area contributed by atoms with E-state index in [1.165, 1.54) is 0 Å². The first-order chi connectivity index (χ1) is 12.3. The average molecular weight is 418 g/mol. The van der Waals surface area contributed by atoms with Gasteiger partial charge in [-0.05, 0) is 48.4 Å². The summed E-state index contributed by atoms with van der Waals surface area (Å²) in [5.41, 5.74) is 1.41. The maximum Gasteiger partial charge on any atom is 0.338 e. The molecule has 0 bridgehead atoms. The van der Waals surface area contributed by atoms with Crippen LogP contribution in [0.5, 0.6) is 0 Å². The number of amides is 1. The summed E-state index contributed by atoms with van der Waals surface area (Å²) in [6, 6.07) is 13.3. The van der Waals surface area contributed by atoms with Gasteiger partial charge in [0.15, 0.2) is 12.4 Å². The van der Waals surface area contributed by atoms with Crippen LogP contribution < -0.4 is 5.32 Å². The molecule has 5 nitrogen and oxygen atoms in total. The zero-order chi connectivity index (χ0) is 19.1. The Morgan fingerprint density at radius 3 is 2.35 bits per heavy atom. The van der Waals surface area contributed by atoms with Crippen molar-refractivity contribution in [2.24, 2.45) is 5.92 Å². The molecule has 1 N–H and O–H groups in total. The zero-order valence-corrected chi connectivity index (χ0v) is 16.2. The summed E-state index contributed by atoms with van der Waals surface area (Å²) >= 11 is 3.28. The second-order valence-corrected chi connectivity index (χ2v) is 7.15. The fourth-order valence-electron chi connectivity index (χ4n) is 2.24. The van der Waals surface area contributed by atoms with Crippen LogP contribution in [-0.4, -0.2) is 24.3 Å². The number of rotatable bonds is 7. The zero-order valence-electron chi connectivity index (χ0n) is 14.6. The first-order valence-electron chi connectivity index (χ1n) is 8.21. The van der Waals surface area contributed by atoms with Crippen molar-refractivity contribution in [1.82, 2.24) is 0 Å². The summed E-state index contributed by atoms with van der Waals surface area (Å²) in [6.45, 7) is 3.60. The lowest BCUT2D eigenvalue weighted by Crippen LogP contribution is -2.15. The first kappa shape index (κ1) is 19.8. The Hall–Kier alpha value is -2.47. The minimum atomic E-state index is -0.558. The summed E-state index contributed by atoms with van der Waals surface area (Å²) in [4.78, 5) is 35.8. The number of ketones is 1. The van der Waals surface area contributed by atoms with Crippen LogP contribution in [0.3, 0.4) is 0 Å². The Morgan fingerprint density at radius 2 is 1.73 bits per heavy atom. The van der Waals surface area contributed by atoms with Crippen molar-refractivity contribution in [1.29, 1.82) is 0 Å². The van der Waals surface area contributed by atoms with Gasteiger partial charge in [-0.2, -0.15) is 0 Å². The Bertz CT molecular complexity index is 800. The number of benzene rings is 2. The van der Waals surface area contributed by atoms with Crippen molar-refractivity contribution in [2.75, 3.05) is 11.9 Å². The van der Waals surface area contributed by atoms with E-state index in [9.17, 15) is 14.4 Å². The van der Waals surface area contributed by atoms with Crippen LogP contribution in [0.2, 0.25) is 0 Å². The molecule has 2 aromatic rings. The predicted molar refractivity (Wildman–Crippen MR) is 103 cm³/mol. The van der Waals surface area contributed by atoms with Crippen LogP contribution >= 0.6 is 15.9 Å². The highest BCUT2D eigenvalue weighted by Crippen LogP contribution is 2.14.